The number of nitro groups is 1. The highest BCUT2D eigenvalue weighted by atomic mass is 16.6. The Kier molecular flexibility index (Phi) is 3.28. The predicted molar refractivity (Wildman–Crippen MR) is 88.2 cm³/mol. The van der Waals surface area contributed by atoms with Gasteiger partial charge in [-0.25, -0.2) is 4.98 Å². The van der Waals surface area contributed by atoms with Crippen LogP contribution in [0.25, 0.3) is 16.9 Å². The van der Waals surface area contributed by atoms with Crippen molar-refractivity contribution in [3.63, 3.8) is 0 Å². The maximum atomic E-state index is 11.6. The summed E-state index contributed by atoms with van der Waals surface area (Å²) in [6, 6.07) is 11.1. The Bertz CT molecular complexity index is 894. The van der Waals surface area contributed by atoms with Crippen molar-refractivity contribution in [1.29, 1.82) is 0 Å². The summed E-state index contributed by atoms with van der Waals surface area (Å²) >= 11 is 0. The molecule has 0 spiro atoms. The van der Waals surface area contributed by atoms with E-state index in [0.29, 0.717) is 17.2 Å². The number of fused-ring (bicyclic) bond motifs is 1. The highest BCUT2D eigenvalue weighted by Gasteiger charge is 2.33. The summed E-state index contributed by atoms with van der Waals surface area (Å²) < 4.78 is 1.34. The van der Waals surface area contributed by atoms with E-state index in [1.807, 2.05) is 51.1 Å². The van der Waals surface area contributed by atoms with Gasteiger partial charge in [-0.3, -0.25) is 10.1 Å². The van der Waals surface area contributed by atoms with E-state index in [-0.39, 0.29) is 11.3 Å². The summed E-state index contributed by atoms with van der Waals surface area (Å²) in [4.78, 5) is 15.6. The van der Waals surface area contributed by atoms with Crippen molar-refractivity contribution < 1.29 is 4.92 Å². The molecule has 0 aliphatic rings. The van der Waals surface area contributed by atoms with Gasteiger partial charge in [0.15, 0.2) is 0 Å². The van der Waals surface area contributed by atoms with Crippen molar-refractivity contribution in [2.24, 2.45) is 0 Å². The number of rotatable bonds is 2. The zero-order chi connectivity index (χ0) is 16.8. The van der Waals surface area contributed by atoms with Crippen molar-refractivity contribution in [2.45, 2.75) is 26.2 Å². The molecule has 23 heavy (non-hydrogen) atoms. The van der Waals surface area contributed by atoms with Gasteiger partial charge in [0.25, 0.3) is 0 Å². The SMILES string of the molecule is CC(C)(C)c1nn2c(N)cc(-c3ccccc3)nc2c1[N+](=O)[O-]. The van der Waals surface area contributed by atoms with Crippen LogP contribution in [0.3, 0.4) is 0 Å². The second-order valence-corrected chi connectivity index (χ2v) is 6.37. The molecule has 2 heterocycles. The van der Waals surface area contributed by atoms with Crippen LogP contribution in [0.4, 0.5) is 11.5 Å². The lowest BCUT2D eigenvalue weighted by molar-refractivity contribution is -0.384. The van der Waals surface area contributed by atoms with E-state index in [9.17, 15) is 10.1 Å². The van der Waals surface area contributed by atoms with Crippen LogP contribution >= 0.6 is 0 Å². The molecule has 0 saturated heterocycles. The molecule has 1 aromatic carbocycles. The zero-order valence-electron chi connectivity index (χ0n) is 13.1. The average molecular weight is 311 g/mol. The van der Waals surface area contributed by atoms with E-state index < -0.39 is 10.3 Å². The van der Waals surface area contributed by atoms with Crippen molar-refractivity contribution >= 4 is 17.2 Å². The largest absolute Gasteiger partial charge is 0.384 e. The monoisotopic (exact) mass is 311 g/mol. The molecule has 7 nitrogen and oxygen atoms in total. The van der Waals surface area contributed by atoms with Crippen LogP contribution in [0, 0.1) is 10.1 Å². The normalized spacial score (nSPS) is 11.8. The lowest BCUT2D eigenvalue weighted by atomic mass is 9.91. The van der Waals surface area contributed by atoms with Gasteiger partial charge in [0.05, 0.1) is 10.6 Å². The number of aromatic nitrogens is 3. The Hall–Kier alpha value is -2.96. The highest BCUT2D eigenvalue weighted by molar-refractivity contribution is 5.72. The molecule has 3 rings (SSSR count). The summed E-state index contributed by atoms with van der Waals surface area (Å²) in [6.07, 6.45) is 0. The first kappa shape index (κ1) is 15.0. The van der Waals surface area contributed by atoms with Crippen LogP contribution in [-0.2, 0) is 5.41 Å². The fraction of sp³-hybridized carbons (Fsp3) is 0.250. The van der Waals surface area contributed by atoms with Crippen LogP contribution < -0.4 is 5.73 Å². The van der Waals surface area contributed by atoms with Crippen molar-refractivity contribution in [1.82, 2.24) is 14.6 Å². The number of nitrogens with zero attached hydrogens (tertiary/aromatic N) is 4. The van der Waals surface area contributed by atoms with E-state index in [4.69, 9.17) is 5.73 Å². The molecule has 0 saturated carbocycles. The van der Waals surface area contributed by atoms with Gasteiger partial charge in [-0.15, -0.1) is 0 Å². The zero-order valence-corrected chi connectivity index (χ0v) is 13.1. The second kappa shape index (κ2) is 5.05. The first-order chi connectivity index (χ1) is 10.8. The summed E-state index contributed by atoms with van der Waals surface area (Å²) in [5, 5.41) is 15.9. The average Bonchev–Trinajstić information content (AvgIpc) is 2.88. The standard InChI is InChI=1S/C16H17N5O2/c1-16(2,3)14-13(21(22)23)15-18-11(9-12(17)20(15)19-14)10-7-5-4-6-8-10/h4-9H,17H2,1-3H3. The Morgan fingerprint density at radius 3 is 2.43 bits per heavy atom. The van der Waals surface area contributed by atoms with E-state index in [0.717, 1.165) is 5.56 Å². The smallest absolute Gasteiger partial charge is 0.337 e. The summed E-state index contributed by atoms with van der Waals surface area (Å²) in [7, 11) is 0. The maximum absolute atomic E-state index is 11.6. The first-order valence-electron chi connectivity index (χ1n) is 7.18. The molecule has 0 radical (unpaired) electrons. The van der Waals surface area contributed by atoms with Crippen LogP contribution in [0.1, 0.15) is 26.5 Å². The molecule has 0 aliphatic carbocycles. The van der Waals surface area contributed by atoms with Crippen molar-refractivity contribution in [3.05, 3.63) is 52.2 Å². The Balaban J connectivity index is 2.36. The fourth-order valence-corrected chi connectivity index (χ4v) is 2.46. The number of hydrogen-bond donors (Lipinski definition) is 1. The van der Waals surface area contributed by atoms with E-state index in [1.165, 1.54) is 4.52 Å². The Morgan fingerprint density at radius 1 is 1.22 bits per heavy atom. The minimum atomic E-state index is -0.491. The van der Waals surface area contributed by atoms with Gasteiger partial charge < -0.3 is 5.73 Å². The van der Waals surface area contributed by atoms with Gasteiger partial charge in [0, 0.05) is 17.0 Å². The van der Waals surface area contributed by atoms with Gasteiger partial charge in [-0.1, -0.05) is 51.1 Å². The highest BCUT2D eigenvalue weighted by Crippen LogP contribution is 2.34. The number of hydrogen-bond acceptors (Lipinski definition) is 5. The molecule has 0 fully saturated rings. The van der Waals surface area contributed by atoms with Gasteiger partial charge in [0.2, 0.25) is 5.65 Å². The molecule has 3 aromatic rings. The first-order valence-corrected chi connectivity index (χ1v) is 7.18. The van der Waals surface area contributed by atoms with Gasteiger partial charge in [-0.05, 0) is 0 Å². The third-order valence-electron chi connectivity index (χ3n) is 3.55. The third kappa shape index (κ3) is 2.50. The third-order valence-corrected chi connectivity index (χ3v) is 3.55. The quantitative estimate of drug-likeness (QED) is 0.578. The Morgan fingerprint density at radius 2 is 1.87 bits per heavy atom. The molecular formula is C16H17N5O2. The van der Waals surface area contributed by atoms with Gasteiger partial charge in [0.1, 0.15) is 11.5 Å². The molecule has 2 aromatic heterocycles. The number of anilines is 1. The summed E-state index contributed by atoms with van der Waals surface area (Å²) in [5.41, 5.74) is 7.43. The van der Waals surface area contributed by atoms with Crippen LogP contribution in [0.15, 0.2) is 36.4 Å². The van der Waals surface area contributed by atoms with Crippen LogP contribution in [0.5, 0.6) is 0 Å². The van der Waals surface area contributed by atoms with Gasteiger partial charge >= 0.3 is 5.69 Å². The van der Waals surface area contributed by atoms with Crippen molar-refractivity contribution in [3.8, 4) is 11.3 Å². The second-order valence-electron chi connectivity index (χ2n) is 6.37. The number of benzene rings is 1. The molecule has 0 amide bonds. The van der Waals surface area contributed by atoms with E-state index in [1.54, 1.807) is 6.07 Å². The molecule has 0 aliphatic heterocycles. The number of nitrogens with two attached hydrogens (primary N) is 1. The van der Waals surface area contributed by atoms with Crippen molar-refractivity contribution in [2.75, 3.05) is 5.73 Å². The summed E-state index contributed by atoms with van der Waals surface area (Å²) in [5.74, 6) is 0.312. The lowest BCUT2D eigenvalue weighted by Gasteiger charge is -2.13. The maximum Gasteiger partial charge on any atom is 0.337 e. The molecule has 7 heteroatoms. The lowest BCUT2D eigenvalue weighted by Crippen LogP contribution is -2.14. The van der Waals surface area contributed by atoms with Crippen LogP contribution in [-0.4, -0.2) is 19.5 Å². The van der Waals surface area contributed by atoms with Gasteiger partial charge in [-0.2, -0.15) is 9.61 Å². The topological polar surface area (TPSA) is 99.3 Å². The van der Waals surface area contributed by atoms with E-state index in [2.05, 4.69) is 10.1 Å². The van der Waals surface area contributed by atoms with Crippen LogP contribution in [0.2, 0.25) is 0 Å². The molecule has 2 N–H and O–H groups in total. The molecule has 0 atom stereocenters. The molecular weight excluding hydrogens is 294 g/mol. The Labute approximate surface area is 132 Å². The molecule has 118 valence electrons. The number of nitrogen functional groups attached to an aromatic ring is 1. The summed E-state index contributed by atoms with van der Waals surface area (Å²) in [6.45, 7) is 5.61. The predicted octanol–water partition coefficient (Wildman–Crippen LogP) is 3.18. The minimum absolute atomic E-state index is 0.0954. The molecule has 0 bridgehead atoms. The molecule has 0 unspecified atom stereocenters. The fourth-order valence-electron chi connectivity index (χ4n) is 2.46. The van der Waals surface area contributed by atoms with E-state index >= 15 is 0 Å². The minimum Gasteiger partial charge on any atom is -0.384 e.